The molecule has 0 N–H and O–H groups in total. The zero-order valence-corrected chi connectivity index (χ0v) is 8.25. The van der Waals surface area contributed by atoms with Crippen molar-refractivity contribution in [3.63, 3.8) is 0 Å². The van der Waals surface area contributed by atoms with Gasteiger partial charge in [-0.3, -0.25) is 0 Å². The molecule has 84 valence electrons. The summed E-state index contributed by atoms with van der Waals surface area (Å²) in [5.41, 5.74) is -0.880. The Morgan fingerprint density at radius 3 is 2.44 bits per heavy atom. The van der Waals surface area contributed by atoms with Gasteiger partial charge in [0.05, 0.1) is 11.1 Å². The molecular formula is C10H7F3N2O. The van der Waals surface area contributed by atoms with Crippen LogP contribution in [0.5, 0.6) is 0 Å². The van der Waals surface area contributed by atoms with Crippen LogP contribution in [0.15, 0.2) is 28.8 Å². The number of benzene rings is 1. The van der Waals surface area contributed by atoms with Crippen molar-refractivity contribution in [3.8, 4) is 11.5 Å². The first-order chi connectivity index (χ1) is 7.48. The van der Waals surface area contributed by atoms with Gasteiger partial charge in [0.15, 0.2) is 5.82 Å². The van der Waals surface area contributed by atoms with E-state index in [1.165, 1.54) is 18.2 Å². The van der Waals surface area contributed by atoms with E-state index in [9.17, 15) is 13.2 Å². The third-order valence-electron chi connectivity index (χ3n) is 1.99. The zero-order chi connectivity index (χ0) is 11.8. The Hall–Kier alpha value is -1.85. The molecule has 0 saturated carbocycles. The van der Waals surface area contributed by atoms with Crippen molar-refractivity contribution >= 4 is 0 Å². The van der Waals surface area contributed by atoms with Gasteiger partial charge in [-0.2, -0.15) is 18.2 Å². The highest BCUT2D eigenvalue weighted by atomic mass is 19.4. The van der Waals surface area contributed by atoms with Crippen LogP contribution in [0.3, 0.4) is 0 Å². The normalized spacial score (nSPS) is 11.8. The molecule has 16 heavy (non-hydrogen) atoms. The predicted octanol–water partition coefficient (Wildman–Crippen LogP) is 3.06. The van der Waals surface area contributed by atoms with Crippen molar-refractivity contribution < 1.29 is 17.7 Å². The number of aryl methyl sites for hydroxylation is 1. The smallest absolute Gasteiger partial charge is 0.334 e. The predicted molar refractivity (Wildman–Crippen MR) is 49.5 cm³/mol. The average Bonchev–Trinajstić information content (AvgIpc) is 2.64. The van der Waals surface area contributed by atoms with E-state index in [2.05, 4.69) is 10.1 Å². The van der Waals surface area contributed by atoms with E-state index in [-0.39, 0.29) is 11.5 Å². The molecule has 1 aromatic carbocycles. The Balaban J connectivity index is 2.57. The summed E-state index contributed by atoms with van der Waals surface area (Å²) in [4.78, 5) is 3.78. The minimum absolute atomic E-state index is 0.101. The van der Waals surface area contributed by atoms with Crippen LogP contribution in [0.4, 0.5) is 13.2 Å². The van der Waals surface area contributed by atoms with Gasteiger partial charge in [0.25, 0.3) is 5.89 Å². The molecule has 0 fully saturated rings. The van der Waals surface area contributed by atoms with E-state index in [0.717, 1.165) is 6.07 Å². The van der Waals surface area contributed by atoms with Crippen molar-refractivity contribution in [2.24, 2.45) is 0 Å². The Bertz CT molecular complexity index is 505. The quantitative estimate of drug-likeness (QED) is 0.752. The van der Waals surface area contributed by atoms with Gasteiger partial charge in [-0.25, -0.2) is 0 Å². The Morgan fingerprint density at radius 2 is 1.88 bits per heavy atom. The maximum atomic E-state index is 12.7. The van der Waals surface area contributed by atoms with Gasteiger partial charge < -0.3 is 4.52 Å². The van der Waals surface area contributed by atoms with Crippen LogP contribution in [-0.4, -0.2) is 10.1 Å². The second kappa shape index (κ2) is 3.62. The van der Waals surface area contributed by atoms with Gasteiger partial charge in [-0.05, 0) is 19.1 Å². The molecule has 0 aliphatic rings. The highest BCUT2D eigenvalue weighted by molar-refractivity contribution is 5.59. The second-order valence-corrected chi connectivity index (χ2v) is 3.19. The van der Waals surface area contributed by atoms with E-state index in [1.807, 2.05) is 0 Å². The summed E-state index contributed by atoms with van der Waals surface area (Å²) in [6, 6.07) is 5.09. The average molecular weight is 228 g/mol. The molecule has 6 heteroatoms. The zero-order valence-electron chi connectivity index (χ0n) is 8.25. The molecule has 0 bridgehead atoms. The first-order valence-corrected chi connectivity index (χ1v) is 4.45. The van der Waals surface area contributed by atoms with Crippen LogP contribution >= 0.6 is 0 Å². The van der Waals surface area contributed by atoms with Gasteiger partial charge in [0, 0.05) is 0 Å². The standard InChI is InChI=1S/C10H7F3N2O/c1-6-14-9(16-15-6)7-4-2-3-5-8(7)10(11,12)13/h2-5H,1H3. The number of alkyl halides is 3. The Labute approximate surface area is 88.9 Å². The summed E-state index contributed by atoms with van der Waals surface area (Å²) in [6.07, 6.45) is -4.43. The lowest BCUT2D eigenvalue weighted by Gasteiger charge is -2.09. The molecule has 3 nitrogen and oxygen atoms in total. The summed E-state index contributed by atoms with van der Waals surface area (Å²) in [6.45, 7) is 1.54. The molecule has 1 heterocycles. The molecule has 2 rings (SSSR count). The molecule has 0 unspecified atom stereocenters. The molecule has 2 aromatic rings. The molecule has 0 atom stereocenters. The lowest BCUT2D eigenvalue weighted by molar-refractivity contribution is -0.137. The summed E-state index contributed by atoms with van der Waals surface area (Å²) >= 11 is 0. The Morgan fingerprint density at radius 1 is 1.19 bits per heavy atom. The van der Waals surface area contributed by atoms with E-state index < -0.39 is 11.7 Å². The van der Waals surface area contributed by atoms with E-state index in [1.54, 1.807) is 6.92 Å². The third kappa shape index (κ3) is 1.91. The van der Waals surface area contributed by atoms with E-state index in [4.69, 9.17) is 4.52 Å². The van der Waals surface area contributed by atoms with Crippen LogP contribution in [-0.2, 0) is 6.18 Å². The molecule has 0 radical (unpaired) electrons. The van der Waals surface area contributed by atoms with Crippen LogP contribution in [0, 0.1) is 6.92 Å². The maximum absolute atomic E-state index is 12.7. The third-order valence-corrected chi connectivity index (χ3v) is 1.99. The van der Waals surface area contributed by atoms with Crippen LogP contribution in [0.2, 0.25) is 0 Å². The van der Waals surface area contributed by atoms with Crippen molar-refractivity contribution in [2.45, 2.75) is 13.1 Å². The number of nitrogens with zero attached hydrogens (tertiary/aromatic N) is 2. The molecule has 0 aliphatic heterocycles. The van der Waals surface area contributed by atoms with E-state index >= 15 is 0 Å². The summed E-state index contributed by atoms with van der Waals surface area (Å²) in [5, 5.41) is 3.46. The van der Waals surface area contributed by atoms with Gasteiger partial charge >= 0.3 is 6.18 Å². The molecule has 1 aromatic heterocycles. The minimum Gasteiger partial charge on any atom is -0.334 e. The van der Waals surface area contributed by atoms with Crippen molar-refractivity contribution in [1.29, 1.82) is 0 Å². The number of aromatic nitrogens is 2. The first-order valence-electron chi connectivity index (χ1n) is 4.45. The molecule has 0 amide bonds. The molecule has 0 aliphatic carbocycles. The molecular weight excluding hydrogens is 221 g/mol. The topological polar surface area (TPSA) is 38.9 Å². The summed E-state index contributed by atoms with van der Waals surface area (Å²) in [7, 11) is 0. The summed E-state index contributed by atoms with van der Waals surface area (Å²) < 4.78 is 42.7. The monoisotopic (exact) mass is 228 g/mol. The van der Waals surface area contributed by atoms with E-state index in [0.29, 0.717) is 5.82 Å². The minimum atomic E-state index is -4.43. The molecule has 0 spiro atoms. The largest absolute Gasteiger partial charge is 0.417 e. The highest BCUT2D eigenvalue weighted by Crippen LogP contribution is 2.36. The van der Waals surface area contributed by atoms with Crippen molar-refractivity contribution in [1.82, 2.24) is 10.1 Å². The van der Waals surface area contributed by atoms with Crippen LogP contribution in [0.25, 0.3) is 11.5 Å². The van der Waals surface area contributed by atoms with Crippen LogP contribution in [0.1, 0.15) is 11.4 Å². The fraction of sp³-hybridized carbons (Fsp3) is 0.200. The van der Waals surface area contributed by atoms with Gasteiger partial charge in [-0.1, -0.05) is 17.3 Å². The molecule has 0 saturated heterocycles. The number of rotatable bonds is 1. The van der Waals surface area contributed by atoms with Gasteiger partial charge in [-0.15, -0.1) is 0 Å². The number of hydrogen-bond donors (Lipinski definition) is 0. The number of halogens is 3. The summed E-state index contributed by atoms with van der Waals surface area (Å²) in [5.74, 6) is 0.178. The van der Waals surface area contributed by atoms with Crippen LogP contribution < -0.4 is 0 Å². The van der Waals surface area contributed by atoms with Gasteiger partial charge in [0.2, 0.25) is 0 Å². The maximum Gasteiger partial charge on any atom is 0.417 e. The SMILES string of the molecule is Cc1noc(-c2ccccc2C(F)(F)F)n1. The first kappa shape index (κ1) is 10.7. The highest BCUT2D eigenvalue weighted by Gasteiger charge is 2.34. The van der Waals surface area contributed by atoms with Gasteiger partial charge in [0.1, 0.15) is 0 Å². The Kier molecular flexibility index (Phi) is 2.41. The van der Waals surface area contributed by atoms with Crippen molar-refractivity contribution in [2.75, 3.05) is 0 Å². The number of hydrogen-bond acceptors (Lipinski definition) is 3. The van der Waals surface area contributed by atoms with Crippen molar-refractivity contribution in [3.05, 3.63) is 35.7 Å². The fourth-order valence-electron chi connectivity index (χ4n) is 1.32. The second-order valence-electron chi connectivity index (χ2n) is 3.19. The lowest BCUT2D eigenvalue weighted by Crippen LogP contribution is -2.06. The lowest BCUT2D eigenvalue weighted by atomic mass is 10.1. The fourth-order valence-corrected chi connectivity index (χ4v) is 1.32.